The van der Waals surface area contributed by atoms with Crippen LogP contribution >= 0.6 is 0 Å². The van der Waals surface area contributed by atoms with Gasteiger partial charge in [0.15, 0.2) is 0 Å². The second kappa shape index (κ2) is 8.86. The van der Waals surface area contributed by atoms with Crippen LogP contribution in [0.5, 0.6) is 0 Å². The third-order valence-electron chi connectivity index (χ3n) is 5.68. The molecule has 3 rings (SSSR count). The van der Waals surface area contributed by atoms with Crippen LogP contribution in [-0.2, 0) is 11.8 Å². The first-order chi connectivity index (χ1) is 13.5. The van der Waals surface area contributed by atoms with Gasteiger partial charge in [0, 0.05) is 44.8 Å². The number of methoxy groups -OCH3 is 1. The second-order valence-corrected chi connectivity index (χ2v) is 7.55. The Morgan fingerprint density at radius 1 is 1.36 bits per heavy atom. The first kappa shape index (κ1) is 20.5. The number of carbonyl (C=O) groups is 1. The van der Waals surface area contributed by atoms with Crippen molar-refractivity contribution in [1.29, 1.82) is 0 Å². The van der Waals surface area contributed by atoms with E-state index >= 15 is 0 Å². The highest BCUT2D eigenvalue weighted by Gasteiger charge is 2.43. The smallest absolute Gasteiger partial charge is 0.272 e. The SMILES string of the molecule is COCCC[C@@]1(CO)CN(C(=O)c2cc(-c3ccccc3)nn2C)CC[C@H]1O. The van der Waals surface area contributed by atoms with E-state index < -0.39 is 11.5 Å². The molecule has 1 aromatic carbocycles. The average molecular weight is 387 g/mol. The summed E-state index contributed by atoms with van der Waals surface area (Å²) in [5.41, 5.74) is 1.49. The summed E-state index contributed by atoms with van der Waals surface area (Å²) in [6.45, 7) is 1.17. The Balaban J connectivity index is 1.79. The molecule has 2 N–H and O–H groups in total. The number of piperidine rings is 1. The van der Waals surface area contributed by atoms with Crippen LogP contribution in [0.2, 0.25) is 0 Å². The Morgan fingerprint density at radius 3 is 2.79 bits per heavy atom. The van der Waals surface area contributed by atoms with Crippen molar-refractivity contribution in [2.75, 3.05) is 33.4 Å². The maximum Gasteiger partial charge on any atom is 0.272 e. The molecule has 7 nitrogen and oxygen atoms in total. The number of hydrogen-bond donors (Lipinski definition) is 2. The first-order valence-electron chi connectivity index (χ1n) is 9.67. The molecule has 0 bridgehead atoms. The molecule has 0 aliphatic carbocycles. The minimum Gasteiger partial charge on any atom is -0.396 e. The number of rotatable bonds is 7. The van der Waals surface area contributed by atoms with Crippen molar-refractivity contribution in [3.05, 3.63) is 42.1 Å². The Bertz CT molecular complexity index is 792. The molecule has 1 aromatic heterocycles. The first-order valence-corrected chi connectivity index (χ1v) is 9.67. The molecule has 0 spiro atoms. The average Bonchev–Trinajstić information content (AvgIpc) is 3.11. The number of aromatic nitrogens is 2. The molecule has 7 heteroatoms. The molecule has 28 heavy (non-hydrogen) atoms. The lowest BCUT2D eigenvalue weighted by atomic mass is 9.74. The molecule has 1 saturated heterocycles. The number of carbonyl (C=O) groups excluding carboxylic acids is 1. The number of aliphatic hydroxyl groups is 2. The van der Waals surface area contributed by atoms with Gasteiger partial charge in [-0.05, 0) is 25.3 Å². The maximum absolute atomic E-state index is 13.2. The van der Waals surface area contributed by atoms with Crippen LogP contribution in [0.25, 0.3) is 11.3 Å². The van der Waals surface area contributed by atoms with Crippen LogP contribution in [0.3, 0.4) is 0 Å². The molecular formula is C21H29N3O4. The van der Waals surface area contributed by atoms with Crippen LogP contribution in [-0.4, -0.2) is 70.3 Å². The van der Waals surface area contributed by atoms with Gasteiger partial charge in [0.05, 0.1) is 18.4 Å². The van der Waals surface area contributed by atoms with Crippen molar-refractivity contribution in [3.8, 4) is 11.3 Å². The number of aryl methyl sites for hydroxylation is 1. The normalized spacial score (nSPS) is 22.4. The summed E-state index contributed by atoms with van der Waals surface area (Å²) >= 11 is 0. The monoisotopic (exact) mass is 387 g/mol. The topological polar surface area (TPSA) is 87.8 Å². The van der Waals surface area contributed by atoms with Crippen molar-refractivity contribution in [3.63, 3.8) is 0 Å². The van der Waals surface area contributed by atoms with Gasteiger partial charge in [-0.1, -0.05) is 30.3 Å². The van der Waals surface area contributed by atoms with Gasteiger partial charge in [-0.15, -0.1) is 0 Å². The Morgan fingerprint density at radius 2 is 2.11 bits per heavy atom. The summed E-state index contributed by atoms with van der Waals surface area (Å²) in [7, 11) is 3.39. The molecule has 1 aliphatic heterocycles. The fourth-order valence-corrected chi connectivity index (χ4v) is 3.95. The zero-order valence-corrected chi connectivity index (χ0v) is 16.5. The van der Waals surface area contributed by atoms with Gasteiger partial charge in [-0.25, -0.2) is 0 Å². The number of hydrogen-bond acceptors (Lipinski definition) is 5. The van der Waals surface area contributed by atoms with E-state index in [1.807, 2.05) is 30.3 Å². The second-order valence-electron chi connectivity index (χ2n) is 7.55. The summed E-state index contributed by atoms with van der Waals surface area (Å²) in [6.07, 6.45) is 1.14. The van der Waals surface area contributed by atoms with E-state index in [2.05, 4.69) is 5.10 Å². The Hall–Kier alpha value is -2.22. The standard InChI is InChI=1S/C21H29N3O4/c1-23-18(13-17(22-23)16-7-4-3-5-8-16)20(27)24-11-9-19(26)21(14-24,15-25)10-6-12-28-2/h3-5,7-8,13,19,25-26H,6,9-12,14-15H2,1-2H3/t19-,21+/m1/s1. The van der Waals surface area contributed by atoms with Gasteiger partial charge in [-0.2, -0.15) is 5.10 Å². The number of likely N-dealkylation sites (tertiary alicyclic amines) is 1. The minimum absolute atomic E-state index is 0.131. The van der Waals surface area contributed by atoms with E-state index in [4.69, 9.17) is 4.74 Å². The zero-order valence-electron chi connectivity index (χ0n) is 16.5. The molecule has 1 aliphatic rings. The van der Waals surface area contributed by atoms with Crippen LogP contribution < -0.4 is 0 Å². The van der Waals surface area contributed by atoms with Crippen LogP contribution in [0.15, 0.2) is 36.4 Å². The largest absolute Gasteiger partial charge is 0.396 e. The van der Waals surface area contributed by atoms with Gasteiger partial charge < -0.3 is 19.8 Å². The van der Waals surface area contributed by atoms with Crippen LogP contribution in [0.4, 0.5) is 0 Å². The summed E-state index contributed by atoms with van der Waals surface area (Å²) in [5.74, 6) is -0.131. The quantitative estimate of drug-likeness (QED) is 0.706. The lowest BCUT2D eigenvalue weighted by Crippen LogP contribution is -2.55. The predicted octanol–water partition coefficient (Wildman–Crippen LogP) is 1.70. The van der Waals surface area contributed by atoms with Crippen molar-refractivity contribution in [1.82, 2.24) is 14.7 Å². The molecule has 1 fully saturated rings. The molecule has 0 unspecified atom stereocenters. The van der Waals surface area contributed by atoms with E-state index in [0.29, 0.717) is 38.2 Å². The predicted molar refractivity (Wildman–Crippen MR) is 106 cm³/mol. The van der Waals surface area contributed by atoms with Crippen LogP contribution in [0.1, 0.15) is 29.8 Å². The molecular weight excluding hydrogens is 358 g/mol. The molecule has 2 heterocycles. The van der Waals surface area contributed by atoms with Crippen LogP contribution in [0, 0.1) is 5.41 Å². The third-order valence-corrected chi connectivity index (χ3v) is 5.68. The van der Waals surface area contributed by atoms with Crippen molar-refractivity contribution < 1.29 is 19.7 Å². The van der Waals surface area contributed by atoms with E-state index in [1.54, 1.807) is 29.8 Å². The number of nitrogens with zero attached hydrogens (tertiary/aromatic N) is 3. The summed E-state index contributed by atoms with van der Waals surface area (Å²) in [6, 6.07) is 11.5. The van der Waals surface area contributed by atoms with Crippen molar-refractivity contribution in [2.45, 2.75) is 25.4 Å². The third kappa shape index (κ3) is 4.11. The maximum atomic E-state index is 13.2. The molecule has 2 aromatic rings. The lowest BCUT2D eigenvalue weighted by molar-refractivity contribution is -0.0746. The van der Waals surface area contributed by atoms with Gasteiger partial charge in [0.2, 0.25) is 0 Å². The molecule has 152 valence electrons. The van der Waals surface area contributed by atoms with Gasteiger partial charge in [0.1, 0.15) is 5.69 Å². The van der Waals surface area contributed by atoms with E-state index in [9.17, 15) is 15.0 Å². The highest BCUT2D eigenvalue weighted by Crippen LogP contribution is 2.35. The number of amides is 1. The lowest BCUT2D eigenvalue weighted by Gasteiger charge is -2.45. The number of aliphatic hydroxyl groups excluding tert-OH is 2. The zero-order chi connectivity index (χ0) is 20.1. The summed E-state index contributed by atoms with van der Waals surface area (Å²) in [5, 5.41) is 25.1. The Labute approximate surface area is 165 Å². The Kier molecular flexibility index (Phi) is 6.49. The van der Waals surface area contributed by atoms with E-state index in [1.165, 1.54) is 0 Å². The molecule has 0 saturated carbocycles. The van der Waals surface area contributed by atoms with Crippen molar-refractivity contribution in [2.24, 2.45) is 12.5 Å². The molecule has 0 radical (unpaired) electrons. The molecule has 1 amide bonds. The highest BCUT2D eigenvalue weighted by molar-refractivity contribution is 5.93. The van der Waals surface area contributed by atoms with Gasteiger partial charge >= 0.3 is 0 Å². The minimum atomic E-state index is -0.715. The number of ether oxygens (including phenoxy) is 1. The van der Waals surface area contributed by atoms with Gasteiger partial charge in [-0.3, -0.25) is 9.48 Å². The molecule has 2 atom stereocenters. The fraction of sp³-hybridized carbons (Fsp3) is 0.524. The number of benzene rings is 1. The van der Waals surface area contributed by atoms with E-state index in [0.717, 1.165) is 17.7 Å². The fourth-order valence-electron chi connectivity index (χ4n) is 3.95. The van der Waals surface area contributed by atoms with Gasteiger partial charge in [0.25, 0.3) is 5.91 Å². The van der Waals surface area contributed by atoms with E-state index in [-0.39, 0.29) is 12.5 Å². The highest BCUT2D eigenvalue weighted by atomic mass is 16.5. The summed E-state index contributed by atoms with van der Waals surface area (Å²) < 4.78 is 6.70. The summed E-state index contributed by atoms with van der Waals surface area (Å²) in [4.78, 5) is 14.9. The van der Waals surface area contributed by atoms with Crippen molar-refractivity contribution >= 4 is 5.91 Å².